The highest BCUT2D eigenvalue weighted by Crippen LogP contribution is 2.37. The Bertz CT molecular complexity index is 647. The molecule has 2 aromatic rings. The number of benzene rings is 1. The van der Waals surface area contributed by atoms with Crippen molar-refractivity contribution >= 4 is 26.8 Å². The van der Waals surface area contributed by atoms with Crippen LogP contribution in [0.3, 0.4) is 0 Å². The number of rotatable bonds is 3. The summed E-state index contributed by atoms with van der Waals surface area (Å²) in [6.45, 7) is 2.70. The first-order chi connectivity index (χ1) is 10.4. The van der Waals surface area contributed by atoms with Gasteiger partial charge in [0.1, 0.15) is 0 Å². The van der Waals surface area contributed by atoms with E-state index in [0.29, 0.717) is 13.1 Å². The molecule has 1 aromatic heterocycles. The molecule has 2 heterocycles. The highest BCUT2D eigenvalue weighted by Gasteiger charge is 2.36. The Labute approximate surface area is 135 Å². The molecule has 0 saturated carbocycles. The second-order valence-corrected chi connectivity index (χ2v) is 6.47. The maximum absolute atomic E-state index is 13.1. The molecule has 1 aliphatic heterocycles. The number of aromatic nitrogens is 1. The van der Waals surface area contributed by atoms with Crippen LogP contribution in [0.25, 0.3) is 10.9 Å². The lowest BCUT2D eigenvalue weighted by Gasteiger charge is -2.35. The first kappa shape index (κ1) is 15.8. The number of fused-ring (bicyclic) bond motifs is 1. The average Bonchev–Trinajstić information content (AvgIpc) is 2.87. The molecule has 3 rings (SSSR count). The molecule has 0 spiro atoms. The zero-order valence-corrected chi connectivity index (χ0v) is 13.5. The molecule has 2 N–H and O–H groups in total. The van der Waals surface area contributed by atoms with Crippen molar-refractivity contribution in [1.82, 2.24) is 15.2 Å². The summed E-state index contributed by atoms with van der Waals surface area (Å²) in [5.41, 5.74) is 1.58. The third-order valence-corrected chi connectivity index (χ3v) is 4.55. The molecular weight excluding hydrogens is 359 g/mol. The molecule has 1 aromatic carbocycles. The van der Waals surface area contributed by atoms with Crippen molar-refractivity contribution in [2.45, 2.75) is 18.6 Å². The van der Waals surface area contributed by atoms with Crippen LogP contribution in [-0.2, 0) is 0 Å². The number of piperazine rings is 1. The SMILES string of the molecule is FC(F)(F)C[C@H](c1c[nH]c2ccc(Br)cc12)N1CCNCC1. The summed E-state index contributed by atoms with van der Waals surface area (Å²) in [5.74, 6) is 0. The molecule has 1 saturated heterocycles. The van der Waals surface area contributed by atoms with Crippen LogP contribution in [0.5, 0.6) is 0 Å². The van der Waals surface area contributed by atoms with E-state index in [1.807, 2.05) is 23.1 Å². The van der Waals surface area contributed by atoms with Crippen LogP contribution in [0.4, 0.5) is 13.2 Å². The van der Waals surface area contributed by atoms with Crippen molar-refractivity contribution in [2.75, 3.05) is 26.2 Å². The lowest BCUT2D eigenvalue weighted by molar-refractivity contribution is -0.148. The quantitative estimate of drug-likeness (QED) is 0.853. The molecule has 0 amide bonds. The summed E-state index contributed by atoms with van der Waals surface area (Å²) >= 11 is 3.40. The van der Waals surface area contributed by atoms with Crippen LogP contribution in [0.2, 0.25) is 0 Å². The van der Waals surface area contributed by atoms with E-state index in [2.05, 4.69) is 26.2 Å². The van der Waals surface area contributed by atoms with Gasteiger partial charge in [-0.25, -0.2) is 0 Å². The van der Waals surface area contributed by atoms with Crippen molar-refractivity contribution in [3.63, 3.8) is 0 Å². The molecule has 1 atom stereocenters. The van der Waals surface area contributed by atoms with E-state index < -0.39 is 18.6 Å². The second-order valence-electron chi connectivity index (χ2n) is 5.55. The third-order valence-electron chi connectivity index (χ3n) is 4.05. The summed E-state index contributed by atoms with van der Waals surface area (Å²) in [7, 11) is 0. The van der Waals surface area contributed by atoms with Crippen molar-refractivity contribution in [2.24, 2.45) is 0 Å². The van der Waals surface area contributed by atoms with E-state index in [0.717, 1.165) is 34.0 Å². The van der Waals surface area contributed by atoms with Crippen LogP contribution >= 0.6 is 15.9 Å². The topological polar surface area (TPSA) is 31.1 Å². The number of nitrogens with one attached hydrogen (secondary N) is 2. The Morgan fingerprint density at radius 1 is 1.23 bits per heavy atom. The molecule has 0 radical (unpaired) electrons. The summed E-state index contributed by atoms with van der Waals surface area (Å²) in [5, 5.41) is 4.03. The van der Waals surface area contributed by atoms with Gasteiger partial charge in [0.25, 0.3) is 0 Å². The maximum atomic E-state index is 13.1. The number of H-pyrrole nitrogens is 1. The minimum Gasteiger partial charge on any atom is -0.361 e. The first-order valence-electron chi connectivity index (χ1n) is 7.22. The summed E-state index contributed by atoms with van der Waals surface area (Å²) in [6, 6.07) is 5.00. The fraction of sp³-hybridized carbons (Fsp3) is 0.467. The molecule has 120 valence electrons. The predicted octanol–water partition coefficient (Wildman–Crippen LogP) is 3.83. The van der Waals surface area contributed by atoms with E-state index >= 15 is 0 Å². The van der Waals surface area contributed by atoms with Gasteiger partial charge in [0.05, 0.1) is 6.42 Å². The van der Waals surface area contributed by atoms with Gasteiger partial charge in [-0.3, -0.25) is 4.90 Å². The molecule has 1 aliphatic rings. The Morgan fingerprint density at radius 3 is 2.64 bits per heavy atom. The van der Waals surface area contributed by atoms with Crippen molar-refractivity contribution in [3.8, 4) is 0 Å². The molecule has 0 bridgehead atoms. The maximum Gasteiger partial charge on any atom is 0.390 e. The normalized spacial score (nSPS) is 18.7. The number of nitrogens with zero attached hydrogens (tertiary/aromatic N) is 1. The van der Waals surface area contributed by atoms with Gasteiger partial charge in [-0.2, -0.15) is 13.2 Å². The molecule has 1 fully saturated rings. The first-order valence-corrected chi connectivity index (χ1v) is 8.01. The monoisotopic (exact) mass is 375 g/mol. The van der Waals surface area contributed by atoms with E-state index in [4.69, 9.17) is 0 Å². The highest BCUT2D eigenvalue weighted by atomic mass is 79.9. The van der Waals surface area contributed by atoms with Gasteiger partial charge < -0.3 is 10.3 Å². The van der Waals surface area contributed by atoms with E-state index in [1.165, 1.54) is 0 Å². The summed E-state index contributed by atoms with van der Waals surface area (Å²) in [4.78, 5) is 5.01. The van der Waals surface area contributed by atoms with E-state index in [1.54, 1.807) is 6.20 Å². The van der Waals surface area contributed by atoms with Crippen molar-refractivity contribution in [1.29, 1.82) is 0 Å². The lowest BCUT2D eigenvalue weighted by atomic mass is 10.00. The second kappa shape index (κ2) is 6.22. The smallest absolute Gasteiger partial charge is 0.361 e. The number of halogens is 4. The molecule has 7 heteroatoms. The molecular formula is C15H17BrF3N3. The van der Waals surface area contributed by atoms with Gasteiger partial charge >= 0.3 is 6.18 Å². The van der Waals surface area contributed by atoms with Gasteiger partial charge in [-0.15, -0.1) is 0 Å². The average molecular weight is 376 g/mol. The fourth-order valence-corrected chi connectivity index (χ4v) is 3.40. The minimum absolute atomic E-state index is 0.626. The number of hydrogen-bond donors (Lipinski definition) is 2. The fourth-order valence-electron chi connectivity index (χ4n) is 3.04. The van der Waals surface area contributed by atoms with Gasteiger partial charge in [0.15, 0.2) is 0 Å². The van der Waals surface area contributed by atoms with Crippen LogP contribution in [-0.4, -0.2) is 42.2 Å². The molecule has 0 unspecified atom stereocenters. The van der Waals surface area contributed by atoms with Crippen LogP contribution < -0.4 is 5.32 Å². The van der Waals surface area contributed by atoms with Gasteiger partial charge in [-0.1, -0.05) is 15.9 Å². The summed E-state index contributed by atoms with van der Waals surface area (Å²) < 4.78 is 40.1. The van der Waals surface area contributed by atoms with Gasteiger partial charge in [0.2, 0.25) is 0 Å². The Morgan fingerprint density at radius 2 is 1.95 bits per heavy atom. The molecule has 3 nitrogen and oxygen atoms in total. The van der Waals surface area contributed by atoms with Crippen molar-refractivity contribution in [3.05, 3.63) is 34.4 Å². The molecule has 22 heavy (non-hydrogen) atoms. The van der Waals surface area contributed by atoms with Crippen LogP contribution in [0.15, 0.2) is 28.9 Å². The van der Waals surface area contributed by atoms with E-state index in [-0.39, 0.29) is 0 Å². The Balaban J connectivity index is 2.00. The van der Waals surface area contributed by atoms with Crippen LogP contribution in [0.1, 0.15) is 18.0 Å². The largest absolute Gasteiger partial charge is 0.390 e. The lowest BCUT2D eigenvalue weighted by Crippen LogP contribution is -2.46. The Kier molecular flexibility index (Phi) is 4.47. The third kappa shape index (κ3) is 3.47. The number of alkyl halides is 3. The number of aromatic amines is 1. The highest BCUT2D eigenvalue weighted by molar-refractivity contribution is 9.10. The van der Waals surface area contributed by atoms with Crippen LogP contribution in [0, 0.1) is 0 Å². The molecule has 0 aliphatic carbocycles. The Hall–Kier alpha value is -1.05. The zero-order valence-electron chi connectivity index (χ0n) is 11.9. The van der Waals surface area contributed by atoms with Gasteiger partial charge in [-0.05, 0) is 23.8 Å². The van der Waals surface area contributed by atoms with Gasteiger partial charge in [0, 0.05) is 53.8 Å². The number of hydrogen-bond acceptors (Lipinski definition) is 2. The van der Waals surface area contributed by atoms with E-state index in [9.17, 15) is 13.2 Å². The minimum atomic E-state index is -4.19. The zero-order chi connectivity index (χ0) is 15.7. The predicted molar refractivity (Wildman–Crippen MR) is 83.9 cm³/mol. The standard InChI is InChI=1S/C15H17BrF3N3/c16-10-1-2-13-11(7-10)12(9-21-13)14(8-15(17,18)19)22-5-3-20-4-6-22/h1-2,7,9,14,20-21H,3-6,8H2/t14-/m1/s1. The van der Waals surface area contributed by atoms with Crippen molar-refractivity contribution < 1.29 is 13.2 Å². The summed E-state index contributed by atoms with van der Waals surface area (Å²) in [6.07, 6.45) is -3.30.